The average Bonchev–Trinajstić information content (AvgIpc) is 3.04. The molecule has 33 heavy (non-hydrogen) atoms. The molecule has 0 saturated heterocycles. The smallest absolute Gasteiger partial charge is 0.282 e. The number of halogens is 1. The summed E-state index contributed by atoms with van der Waals surface area (Å²) in [6.45, 7) is 6.45. The molecule has 0 fully saturated rings. The maximum Gasteiger partial charge on any atom is 0.282 e. The molecule has 1 N–H and O–H groups in total. The van der Waals surface area contributed by atoms with Gasteiger partial charge in [-0.25, -0.2) is 4.90 Å². The number of anilines is 2. The minimum atomic E-state index is -0.419. The topological polar surface area (TPSA) is 58.6 Å². The SMILES string of the molecule is CCCOc1cccc(N2C(=O)C(Nc3ccc(Cl)cc3C)=C(c3ccc(C)cc3)C2=O)c1. The van der Waals surface area contributed by atoms with Crippen molar-refractivity contribution in [3.05, 3.63) is 94.1 Å². The van der Waals surface area contributed by atoms with Gasteiger partial charge in [0.25, 0.3) is 11.8 Å². The molecular weight excluding hydrogens is 436 g/mol. The van der Waals surface area contributed by atoms with Crippen LogP contribution >= 0.6 is 11.6 Å². The molecule has 4 rings (SSSR count). The number of aryl methyl sites for hydroxylation is 2. The van der Waals surface area contributed by atoms with Crippen molar-refractivity contribution >= 4 is 40.4 Å². The Kier molecular flexibility index (Phi) is 6.52. The second kappa shape index (κ2) is 9.51. The Bertz CT molecular complexity index is 1250. The van der Waals surface area contributed by atoms with Gasteiger partial charge in [0, 0.05) is 16.8 Å². The first-order chi connectivity index (χ1) is 15.9. The van der Waals surface area contributed by atoms with Crippen molar-refractivity contribution in [2.24, 2.45) is 0 Å². The lowest BCUT2D eigenvalue weighted by molar-refractivity contribution is -0.120. The zero-order valence-corrected chi connectivity index (χ0v) is 19.6. The second-order valence-corrected chi connectivity index (χ2v) is 8.43. The molecule has 0 aliphatic carbocycles. The summed E-state index contributed by atoms with van der Waals surface area (Å²) in [5.74, 6) is -0.190. The molecule has 1 heterocycles. The highest BCUT2D eigenvalue weighted by Gasteiger charge is 2.40. The summed E-state index contributed by atoms with van der Waals surface area (Å²) in [6, 6.07) is 20.0. The number of nitrogens with one attached hydrogen (secondary N) is 1. The molecule has 0 radical (unpaired) electrons. The lowest BCUT2D eigenvalue weighted by atomic mass is 10.0. The number of nitrogens with zero attached hydrogens (tertiary/aromatic N) is 1. The highest BCUT2D eigenvalue weighted by molar-refractivity contribution is 6.46. The molecule has 168 valence electrons. The molecular formula is C27H25ClN2O3. The van der Waals surface area contributed by atoms with Gasteiger partial charge < -0.3 is 10.1 Å². The Hall–Kier alpha value is -3.57. The third kappa shape index (κ3) is 4.64. The van der Waals surface area contributed by atoms with Gasteiger partial charge in [0.05, 0.1) is 17.9 Å². The van der Waals surface area contributed by atoms with Crippen LogP contribution in [0.25, 0.3) is 5.57 Å². The van der Waals surface area contributed by atoms with Crippen LogP contribution in [-0.2, 0) is 9.59 Å². The summed E-state index contributed by atoms with van der Waals surface area (Å²) in [5, 5.41) is 3.81. The molecule has 3 aromatic carbocycles. The summed E-state index contributed by atoms with van der Waals surface area (Å²) >= 11 is 6.10. The number of hydrogen-bond acceptors (Lipinski definition) is 4. The number of hydrogen-bond donors (Lipinski definition) is 1. The number of imide groups is 1. The monoisotopic (exact) mass is 460 g/mol. The van der Waals surface area contributed by atoms with Gasteiger partial charge in [0.2, 0.25) is 0 Å². The van der Waals surface area contributed by atoms with E-state index in [1.165, 1.54) is 4.90 Å². The van der Waals surface area contributed by atoms with Gasteiger partial charge in [-0.05, 0) is 61.7 Å². The highest BCUT2D eigenvalue weighted by Crippen LogP contribution is 2.35. The number of carbonyl (C=O) groups is 2. The molecule has 0 spiro atoms. The lowest BCUT2D eigenvalue weighted by Crippen LogP contribution is -2.32. The summed E-state index contributed by atoms with van der Waals surface area (Å²) < 4.78 is 5.71. The van der Waals surface area contributed by atoms with E-state index >= 15 is 0 Å². The van der Waals surface area contributed by atoms with Crippen LogP contribution in [0.2, 0.25) is 5.02 Å². The fourth-order valence-electron chi connectivity index (χ4n) is 3.70. The number of rotatable bonds is 7. The van der Waals surface area contributed by atoms with Crippen LogP contribution < -0.4 is 15.0 Å². The summed E-state index contributed by atoms with van der Waals surface area (Å²) in [4.78, 5) is 28.4. The molecule has 3 aromatic rings. The van der Waals surface area contributed by atoms with Crippen LogP contribution in [0.4, 0.5) is 11.4 Å². The maximum absolute atomic E-state index is 13.6. The zero-order valence-electron chi connectivity index (χ0n) is 18.8. The van der Waals surface area contributed by atoms with Gasteiger partial charge in [-0.2, -0.15) is 0 Å². The third-order valence-corrected chi connectivity index (χ3v) is 5.66. The minimum absolute atomic E-state index is 0.231. The molecule has 0 atom stereocenters. The average molecular weight is 461 g/mol. The van der Waals surface area contributed by atoms with E-state index < -0.39 is 5.91 Å². The van der Waals surface area contributed by atoms with E-state index in [0.29, 0.717) is 39.9 Å². The fourth-order valence-corrected chi connectivity index (χ4v) is 3.93. The quantitative estimate of drug-likeness (QED) is 0.430. The van der Waals surface area contributed by atoms with E-state index in [2.05, 4.69) is 5.32 Å². The van der Waals surface area contributed by atoms with Gasteiger partial charge in [0.1, 0.15) is 11.4 Å². The zero-order chi connectivity index (χ0) is 23.5. The van der Waals surface area contributed by atoms with Crippen molar-refractivity contribution in [2.45, 2.75) is 27.2 Å². The standard InChI is InChI=1S/C27H25ClN2O3/c1-4-14-33-22-7-5-6-21(16-22)30-26(31)24(19-10-8-17(2)9-11-19)25(27(30)32)29-23-13-12-20(28)15-18(23)3/h5-13,15-16,29H,4,14H2,1-3H3. The summed E-state index contributed by atoms with van der Waals surface area (Å²) in [7, 11) is 0. The summed E-state index contributed by atoms with van der Waals surface area (Å²) in [6.07, 6.45) is 0.861. The van der Waals surface area contributed by atoms with Gasteiger partial charge in [-0.1, -0.05) is 54.4 Å². The van der Waals surface area contributed by atoms with E-state index in [1.807, 2.05) is 57.2 Å². The Morgan fingerprint density at radius 3 is 2.39 bits per heavy atom. The first-order valence-corrected chi connectivity index (χ1v) is 11.2. The number of ether oxygens (including phenoxy) is 1. The number of benzene rings is 3. The van der Waals surface area contributed by atoms with Crippen LogP contribution in [0.1, 0.15) is 30.0 Å². The van der Waals surface area contributed by atoms with Gasteiger partial charge in [-0.15, -0.1) is 0 Å². The largest absolute Gasteiger partial charge is 0.494 e. The Balaban J connectivity index is 1.78. The number of carbonyl (C=O) groups excluding carboxylic acids is 2. The number of amides is 2. The minimum Gasteiger partial charge on any atom is -0.494 e. The van der Waals surface area contributed by atoms with Crippen molar-refractivity contribution in [3.63, 3.8) is 0 Å². The first-order valence-electron chi connectivity index (χ1n) is 10.8. The van der Waals surface area contributed by atoms with Crippen molar-refractivity contribution in [2.75, 3.05) is 16.8 Å². The summed E-state index contributed by atoms with van der Waals surface area (Å²) in [5.41, 5.74) is 4.34. The van der Waals surface area contributed by atoms with Crippen LogP contribution in [0.3, 0.4) is 0 Å². The van der Waals surface area contributed by atoms with E-state index in [0.717, 1.165) is 17.5 Å². The van der Waals surface area contributed by atoms with Crippen LogP contribution in [0.15, 0.2) is 72.4 Å². The van der Waals surface area contributed by atoms with Crippen LogP contribution in [0, 0.1) is 13.8 Å². The van der Waals surface area contributed by atoms with Crippen molar-refractivity contribution in [1.82, 2.24) is 0 Å². The van der Waals surface area contributed by atoms with E-state index in [1.54, 1.807) is 30.3 Å². The molecule has 0 saturated carbocycles. The first kappa shape index (κ1) is 22.6. The predicted molar refractivity (Wildman–Crippen MR) is 133 cm³/mol. The van der Waals surface area contributed by atoms with Crippen LogP contribution in [-0.4, -0.2) is 18.4 Å². The second-order valence-electron chi connectivity index (χ2n) is 7.99. The van der Waals surface area contributed by atoms with Gasteiger partial charge in [-0.3, -0.25) is 9.59 Å². The van der Waals surface area contributed by atoms with E-state index in [9.17, 15) is 9.59 Å². The van der Waals surface area contributed by atoms with Gasteiger partial charge >= 0.3 is 0 Å². The molecule has 0 bridgehead atoms. The molecule has 2 amide bonds. The highest BCUT2D eigenvalue weighted by atomic mass is 35.5. The Morgan fingerprint density at radius 2 is 1.70 bits per heavy atom. The van der Waals surface area contributed by atoms with Crippen molar-refractivity contribution in [3.8, 4) is 5.75 Å². The van der Waals surface area contributed by atoms with Gasteiger partial charge in [0.15, 0.2) is 0 Å². The molecule has 6 heteroatoms. The molecule has 5 nitrogen and oxygen atoms in total. The fraction of sp³-hybridized carbons (Fsp3) is 0.185. The third-order valence-electron chi connectivity index (χ3n) is 5.42. The van der Waals surface area contributed by atoms with Crippen molar-refractivity contribution in [1.29, 1.82) is 0 Å². The Labute approximate surface area is 198 Å². The molecule has 0 aromatic heterocycles. The lowest BCUT2D eigenvalue weighted by Gasteiger charge is -2.17. The molecule has 1 aliphatic rings. The maximum atomic E-state index is 13.6. The van der Waals surface area contributed by atoms with Crippen LogP contribution in [0.5, 0.6) is 5.75 Å². The Morgan fingerprint density at radius 1 is 0.939 bits per heavy atom. The molecule has 1 aliphatic heterocycles. The van der Waals surface area contributed by atoms with E-state index in [-0.39, 0.29) is 11.6 Å². The molecule has 0 unspecified atom stereocenters. The predicted octanol–water partition coefficient (Wildman–Crippen LogP) is 6.14. The van der Waals surface area contributed by atoms with E-state index in [4.69, 9.17) is 16.3 Å². The van der Waals surface area contributed by atoms with Crippen molar-refractivity contribution < 1.29 is 14.3 Å². The normalized spacial score (nSPS) is 13.6.